The third kappa shape index (κ3) is 4.74. The molecule has 4 heteroatoms. The third-order valence-corrected chi connectivity index (χ3v) is 4.98. The number of carbonyl (C=O) groups is 1. The van der Waals surface area contributed by atoms with Crippen molar-refractivity contribution in [1.82, 2.24) is 5.32 Å². The van der Waals surface area contributed by atoms with E-state index in [-0.39, 0.29) is 11.3 Å². The van der Waals surface area contributed by atoms with E-state index in [1.807, 2.05) is 0 Å². The van der Waals surface area contributed by atoms with Gasteiger partial charge in [0.25, 0.3) is 0 Å². The van der Waals surface area contributed by atoms with Crippen LogP contribution in [0, 0.1) is 5.41 Å². The Kier molecular flexibility index (Phi) is 6.30. The van der Waals surface area contributed by atoms with E-state index in [0.717, 1.165) is 38.8 Å². The highest BCUT2D eigenvalue weighted by molar-refractivity contribution is 5.75. The van der Waals surface area contributed by atoms with Crippen molar-refractivity contribution in [2.75, 3.05) is 19.7 Å². The molecule has 0 radical (unpaired) electrons. The van der Waals surface area contributed by atoms with Crippen molar-refractivity contribution < 1.29 is 9.53 Å². The fourth-order valence-electron chi connectivity index (χ4n) is 3.46. The summed E-state index contributed by atoms with van der Waals surface area (Å²) >= 11 is 0. The first-order valence-electron chi connectivity index (χ1n) is 8.32. The number of nitrogens with one attached hydrogen (secondary N) is 1. The molecule has 1 amide bonds. The van der Waals surface area contributed by atoms with Gasteiger partial charge in [0.2, 0.25) is 5.91 Å². The molecule has 0 aromatic carbocycles. The van der Waals surface area contributed by atoms with Gasteiger partial charge in [-0.1, -0.05) is 19.3 Å². The van der Waals surface area contributed by atoms with Crippen LogP contribution in [0.15, 0.2) is 0 Å². The Hall–Kier alpha value is -0.610. The van der Waals surface area contributed by atoms with Crippen LogP contribution < -0.4 is 11.1 Å². The molecule has 20 heavy (non-hydrogen) atoms. The predicted octanol–water partition coefficient (Wildman–Crippen LogP) is 2.36. The largest absolute Gasteiger partial charge is 0.378 e. The second-order valence-electron chi connectivity index (χ2n) is 6.57. The van der Waals surface area contributed by atoms with Gasteiger partial charge in [0.15, 0.2) is 0 Å². The number of hydrogen-bond donors (Lipinski definition) is 2. The van der Waals surface area contributed by atoms with Crippen molar-refractivity contribution in [1.29, 1.82) is 0 Å². The van der Waals surface area contributed by atoms with E-state index in [1.165, 1.54) is 32.1 Å². The summed E-state index contributed by atoms with van der Waals surface area (Å²) in [5.74, 6) is 0.164. The number of rotatable bonds is 6. The lowest BCUT2D eigenvalue weighted by atomic mass is 9.74. The van der Waals surface area contributed by atoms with Crippen molar-refractivity contribution in [3.05, 3.63) is 0 Å². The first kappa shape index (κ1) is 15.8. The molecule has 1 heterocycles. The van der Waals surface area contributed by atoms with Crippen LogP contribution in [0.1, 0.15) is 64.2 Å². The number of carbonyl (C=O) groups excluding carboxylic acids is 1. The quantitative estimate of drug-likeness (QED) is 0.786. The van der Waals surface area contributed by atoms with Crippen molar-refractivity contribution in [2.24, 2.45) is 11.1 Å². The van der Waals surface area contributed by atoms with Gasteiger partial charge in [0, 0.05) is 19.6 Å². The molecule has 2 aliphatic rings. The van der Waals surface area contributed by atoms with E-state index in [1.54, 1.807) is 0 Å². The molecule has 116 valence electrons. The number of hydrogen-bond acceptors (Lipinski definition) is 3. The smallest absolute Gasteiger partial charge is 0.220 e. The molecule has 0 aromatic heterocycles. The highest BCUT2D eigenvalue weighted by Crippen LogP contribution is 2.34. The lowest BCUT2D eigenvalue weighted by molar-refractivity contribution is -0.122. The molecule has 2 fully saturated rings. The minimum Gasteiger partial charge on any atom is -0.378 e. The Morgan fingerprint density at radius 3 is 2.65 bits per heavy atom. The Morgan fingerprint density at radius 1 is 1.20 bits per heavy atom. The van der Waals surface area contributed by atoms with E-state index in [9.17, 15) is 4.79 Å². The second-order valence-corrected chi connectivity index (χ2v) is 6.57. The second kappa shape index (κ2) is 7.99. The lowest BCUT2D eigenvalue weighted by Gasteiger charge is -2.36. The molecule has 1 unspecified atom stereocenters. The number of ether oxygens (including phenoxy) is 1. The van der Waals surface area contributed by atoms with Crippen LogP contribution in [-0.4, -0.2) is 31.7 Å². The van der Waals surface area contributed by atoms with Crippen molar-refractivity contribution in [3.8, 4) is 0 Å². The Morgan fingerprint density at radius 2 is 2.00 bits per heavy atom. The maximum absolute atomic E-state index is 12.0. The van der Waals surface area contributed by atoms with E-state index >= 15 is 0 Å². The average molecular weight is 282 g/mol. The molecule has 1 atom stereocenters. The molecule has 1 aliphatic heterocycles. The van der Waals surface area contributed by atoms with Crippen LogP contribution in [0.2, 0.25) is 0 Å². The summed E-state index contributed by atoms with van der Waals surface area (Å²) in [4.78, 5) is 12.0. The zero-order chi connectivity index (χ0) is 14.3. The molecule has 1 aliphatic carbocycles. The first-order valence-corrected chi connectivity index (χ1v) is 8.32. The average Bonchev–Trinajstić information content (AvgIpc) is 2.53. The zero-order valence-corrected chi connectivity index (χ0v) is 12.7. The Balaban J connectivity index is 1.65. The Labute approximate surface area is 122 Å². The topological polar surface area (TPSA) is 64.3 Å². The van der Waals surface area contributed by atoms with E-state index in [2.05, 4.69) is 5.32 Å². The van der Waals surface area contributed by atoms with Crippen molar-refractivity contribution in [3.63, 3.8) is 0 Å². The lowest BCUT2D eigenvalue weighted by Crippen LogP contribution is -2.43. The minimum atomic E-state index is 0.162. The fourth-order valence-corrected chi connectivity index (χ4v) is 3.46. The third-order valence-electron chi connectivity index (χ3n) is 4.98. The Bertz CT molecular complexity index is 295. The summed E-state index contributed by atoms with van der Waals surface area (Å²) in [7, 11) is 0. The summed E-state index contributed by atoms with van der Waals surface area (Å²) in [6.07, 6.45) is 11.4. The highest BCUT2D eigenvalue weighted by atomic mass is 16.5. The molecular weight excluding hydrogens is 252 g/mol. The molecule has 4 nitrogen and oxygen atoms in total. The summed E-state index contributed by atoms with van der Waals surface area (Å²) in [6, 6.07) is 0. The molecule has 1 saturated heterocycles. The first-order chi connectivity index (χ1) is 9.74. The van der Waals surface area contributed by atoms with Gasteiger partial charge in [-0.2, -0.15) is 0 Å². The van der Waals surface area contributed by atoms with Gasteiger partial charge in [-0.3, -0.25) is 4.79 Å². The van der Waals surface area contributed by atoms with Crippen molar-refractivity contribution in [2.45, 2.75) is 70.3 Å². The van der Waals surface area contributed by atoms with Crippen LogP contribution in [0.3, 0.4) is 0 Å². The molecule has 3 N–H and O–H groups in total. The summed E-state index contributed by atoms with van der Waals surface area (Å²) in [5, 5.41) is 3.11. The summed E-state index contributed by atoms with van der Waals surface area (Å²) in [6.45, 7) is 2.31. The van der Waals surface area contributed by atoms with Gasteiger partial charge in [-0.15, -0.1) is 0 Å². The van der Waals surface area contributed by atoms with Gasteiger partial charge in [0.05, 0.1) is 6.10 Å². The standard InChI is InChI=1S/C16H30N2O2/c17-12-16(9-3-1-4-10-16)13-18-15(19)8-7-14-6-2-5-11-20-14/h14H,1-13,17H2,(H,18,19). The van der Waals surface area contributed by atoms with Crippen LogP contribution in [0.25, 0.3) is 0 Å². The zero-order valence-electron chi connectivity index (χ0n) is 12.7. The summed E-state index contributed by atoms with van der Waals surface area (Å²) in [5.41, 5.74) is 6.11. The van der Waals surface area contributed by atoms with Crippen LogP contribution in [-0.2, 0) is 9.53 Å². The minimum absolute atomic E-state index is 0.162. The maximum atomic E-state index is 12.0. The number of amides is 1. The van der Waals surface area contributed by atoms with Crippen LogP contribution >= 0.6 is 0 Å². The van der Waals surface area contributed by atoms with Crippen LogP contribution in [0.5, 0.6) is 0 Å². The van der Waals surface area contributed by atoms with Crippen LogP contribution in [0.4, 0.5) is 0 Å². The van der Waals surface area contributed by atoms with E-state index < -0.39 is 0 Å². The van der Waals surface area contributed by atoms with Gasteiger partial charge in [-0.05, 0) is 50.5 Å². The molecule has 2 rings (SSSR count). The van der Waals surface area contributed by atoms with E-state index in [4.69, 9.17) is 10.5 Å². The predicted molar refractivity (Wildman–Crippen MR) is 80.4 cm³/mol. The molecule has 1 saturated carbocycles. The number of nitrogens with two attached hydrogens (primary N) is 1. The SMILES string of the molecule is NCC1(CNC(=O)CCC2CCCCO2)CCCCC1. The molecule has 0 aromatic rings. The summed E-state index contributed by atoms with van der Waals surface area (Å²) < 4.78 is 5.66. The monoisotopic (exact) mass is 282 g/mol. The molecule has 0 spiro atoms. The molecule has 0 bridgehead atoms. The van der Waals surface area contributed by atoms with Gasteiger partial charge < -0.3 is 15.8 Å². The maximum Gasteiger partial charge on any atom is 0.220 e. The van der Waals surface area contributed by atoms with Gasteiger partial charge in [-0.25, -0.2) is 0 Å². The van der Waals surface area contributed by atoms with Gasteiger partial charge >= 0.3 is 0 Å². The fraction of sp³-hybridized carbons (Fsp3) is 0.938. The van der Waals surface area contributed by atoms with E-state index in [0.29, 0.717) is 19.1 Å². The van der Waals surface area contributed by atoms with Gasteiger partial charge in [0.1, 0.15) is 0 Å². The van der Waals surface area contributed by atoms with Crippen molar-refractivity contribution >= 4 is 5.91 Å². The molecular formula is C16H30N2O2. The highest BCUT2D eigenvalue weighted by Gasteiger charge is 2.30. The normalized spacial score (nSPS) is 26.1.